The fourth-order valence-electron chi connectivity index (χ4n) is 8.73. The van der Waals surface area contributed by atoms with Crippen LogP contribution in [0.2, 0.25) is 0 Å². The van der Waals surface area contributed by atoms with Crippen molar-refractivity contribution >= 4 is 52.2 Å². The SMILES string of the molecule is CCc1cc(N2C(=S)N(c3ccc(C#N)c(C(F)(F)F)c3)C(=O)C23CCC3)ccc1OCCC1CCN(CC(=O)Cc2cc(CC3CCC(=O)NC3=O)ccc2F)CC1. The molecule has 1 unspecified atom stereocenters. The molecule has 3 saturated heterocycles. The minimum Gasteiger partial charge on any atom is -0.493 e. The molecule has 1 saturated carbocycles. The van der Waals surface area contributed by atoms with E-state index in [9.17, 15) is 42.0 Å². The lowest BCUT2D eigenvalue weighted by Gasteiger charge is -2.43. The first-order chi connectivity index (χ1) is 28.2. The number of carbonyl (C=O) groups excluding carboxylic acids is 4. The molecule has 3 aromatic rings. The number of halogens is 4. The number of benzene rings is 3. The summed E-state index contributed by atoms with van der Waals surface area (Å²) >= 11 is 5.80. The Labute approximate surface area is 345 Å². The van der Waals surface area contributed by atoms with E-state index in [2.05, 4.69) is 10.2 Å². The predicted molar refractivity (Wildman–Crippen MR) is 215 cm³/mol. The van der Waals surface area contributed by atoms with Crippen molar-refractivity contribution in [2.45, 2.75) is 89.3 Å². The van der Waals surface area contributed by atoms with Crippen LogP contribution in [0.25, 0.3) is 0 Å². The van der Waals surface area contributed by atoms with Crippen LogP contribution in [0, 0.1) is 29.0 Å². The topological polar surface area (TPSA) is 123 Å². The van der Waals surface area contributed by atoms with E-state index in [0.29, 0.717) is 61.6 Å². The molecule has 7 rings (SSSR count). The first-order valence-electron chi connectivity index (χ1n) is 20.1. The smallest absolute Gasteiger partial charge is 0.417 e. The van der Waals surface area contributed by atoms with Crippen LogP contribution >= 0.6 is 12.2 Å². The van der Waals surface area contributed by atoms with Gasteiger partial charge in [0.2, 0.25) is 11.8 Å². The number of alkyl halides is 3. The molecule has 3 aromatic carbocycles. The third kappa shape index (κ3) is 8.75. The molecule has 3 aliphatic heterocycles. The van der Waals surface area contributed by atoms with E-state index >= 15 is 0 Å². The molecule has 3 amide bonds. The summed E-state index contributed by atoms with van der Waals surface area (Å²) in [7, 11) is 0. The first kappa shape index (κ1) is 41.9. The molecule has 0 aromatic heterocycles. The van der Waals surface area contributed by atoms with Crippen molar-refractivity contribution in [3.8, 4) is 11.8 Å². The van der Waals surface area contributed by atoms with Gasteiger partial charge in [0.05, 0.1) is 36.0 Å². The van der Waals surface area contributed by atoms with Crippen molar-refractivity contribution in [2.24, 2.45) is 11.8 Å². The van der Waals surface area contributed by atoms with Gasteiger partial charge in [0.1, 0.15) is 17.1 Å². The van der Waals surface area contributed by atoms with E-state index < -0.39 is 28.7 Å². The second-order valence-corrected chi connectivity index (χ2v) is 16.3. The summed E-state index contributed by atoms with van der Waals surface area (Å²) < 4.78 is 62.5. The summed E-state index contributed by atoms with van der Waals surface area (Å²) in [5, 5.41) is 11.7. The Morgan fingerprint density at radius 1 is 1.00 bits per heavy atom. The number of imide groups is 1. The number of amides is 3. The van der Waals surface area contributed by atoms with E-state index in [0.717, 1.165) is 66.9 Å². The van der Waals surface area contributed by atoms with Gasteiger partial charge in [-0.2, -0.15) is 18.4 Å². The molecule has 310 valence electrons. The van der Waals surface area contributed by atoms with Crippen LogP contribution in [-0.2, 0) is 44.6 Å². The van der Waals surface area contributed by atoms with Crippen molar-refractivity contribution in [1.82, 2.24) is 10.2 Å². The summed E-state index contributed by atoms with van der Waals surface area (Å²) in [6, 6.07) is 15.0. The Hall–Kier alpha value is -5.20. The number of carbonyl (C=O) groups is 4. The Morgan fingerprint density at radius 2 is 1.75 bits per heavy atom. The number of aryl methyl sites for hydroxylation is 1. The van der Waals surface area contributed by atoms with Gasteiger partial charge in [0.25, 0.3) is 5.91 Å². The molecule has 1 N–H and O–H groups in total. The lowest BCUT2D eigenvalue weighted by atomic mass is 9.75. The van der Waals surface area contributed by atoms with Gasteiger partial charge in [-0.05, 0) is 148 Å². The second kappa shape index (κ2) is 17.2. The van der Waals surface area contributed by atoms with Crippen molar-refractivity contribution in [1.29, 1.82) is 5.26 Å². The summed E-state index contributed by atoms with van der Waals surface area (Å²) in [5.74, 6) is -0.810. The number of hydrogen-bond donors (Lipinski definition) is 1. The number of thiocarbonyl (C=S) groups is 1. The quantitative estimate of drug-likeness (QED) is 0.108. The highest BCUT2D eigenvalue weighted by molar-refractivity contribution is 7.81. The summed E-state index contributed by atoms with van der Waals surface area (Å²) in [5.41, 5.74) is -0.0792. The van der Waals surface area contributed by atoms with E-state index in [1.807, 2.05) is 25.1 Å². The third-order valence-corrected chi connectivity index (χ3v) is 12.6. The zero-order valence-electron chi connectivity index (χ0n) is 32.7. The highest BCUT2D eigenvalue weighted by atomic mass is 32.1. The average molecular weight is 832 g/mol. The van der Waals surface area contributed by atoms with Gasteiger partial charge in [0, 0.05) is 24.4 Å². The summed E-state index contributed by atoms with van der Waals surface area (Å²) in [6.07, 6.45) is 1.23. The Kier molecular flexibility index (Phi) is 12.2. The molecular formula is C44H45F4N5O5S. The van der Waals surface area contributed by atoms with Crippen LogP contribution in [0.3, 0.4) is 0 Å². The largest absolute Gasteiger partial charge is 0.493 e. The van der Waals surface area contributed by atoms with Crippen molar-refractivity contribution in [3.05, 3.63) is 88.2 Å². The first-order valence-corrected chi connectivity index (χ1v) is 20.5. The number of nitriles is 1. The summed E-state index contributed by atoms with van der Waals surface area (Å²) in [4.78, 5) is 55.7. The maximum atomic E-state index is 14.7. The van der Waals surface area contributed by atoms with Crippen LogP contribution in [0.15, 0.2) is 54.6 Å². The maximum Gasteiger partial charge on any atom is 0.417 e. The van der Waals surface area contributed by atoms with Gasteiger partial charge in [-0.3, -0.25) is 34.3 Å². The number of Topliss-reactive ketones (excluding diaryl/α,β-unsaturated/α-hetero) is 1. The number of nitrogens with zero attached hydrogens (tertiary/aromatic N) is 4. The zero-order chi connectivity index (χ0) is 42.1. The molecule has 15 heteroatoms. The lowest BCUT2D eigenvalue weighted by Crippen LogP contribution is -2.55. The maximum absolute atomic E-state index is 14.7. The molecule has 0 radical (unpaired) electrons. The number of rotatable bonds is 13. The van der Waals surface area contributed by atoms with Gasteiger partial charge in [0.15, 0.2) is 10.9 Å². The average Bonchev–Trinajstić information content (AvgIpc) is 3.43. The molecule has 4 aliphatic rings. The fourth-order valence-corrected chi connectivity index (χ4v) is 9.20. The van der Waals surface area contributed by atoms with Crippen LogP contribution in [0.4, 0.5) is 28.9 Å². The number of ketones is 1. The van der Waals surface area contributed by atoms with Gasteiger partial charge < -0.3 is 9.64 Å². The molecule has 59 heavy (non-hydrogen) atoms. The number of nitrogens with one attached hydrogen (secondary N) is 1. The number of anilines is 2. The highest BCUT2D eigenvalue weighted by Gasteiger charge is 2.59. The third-order valence-electron chi connectivity index (χ3n) is 12.2. The number of likely N-dealkylation sites (tertiary alicyclic amines) is 1. The van der Waals surface area contributed by atoms with Crippen LogP contribution < -0.4 is 19.9 Å². The van der Waals surface area contributed by atoms with Crippen molar-refractivity contribution in [2.75, 3.05) is 36.0 Å². The normalized spacial score (nSPS) is 19.8. The number of hydrogen-bond acceptors (Lipinski definition) is 8. The zero-order valence-corrected chi connectivity index (χ0v) is 33.5. The molecule has 1 aliphatic carbocycles. The second-order valence-electron chi connectivity index (χ2n) is 16.0. The van der Waals surface area contributed by atoms with Crippen molar-refractivity contribution < 1.29 is 41.5 Å². The number of piperidine rings is 2. The van der Waals surface area contributed by atoms with Gasteiger partial charge in [-0.15, -0.1) is 0 Å². The van der Waals surface area contributed by atoms with Crippen molar-refractivity contribution in [3.63, 3.8) is 0 Å². The van der Waals surface area contributed by atoms with Gasteiger partial charge >= 0.3 is 6.18 Å². The summed E-state index contributed by atoms with van der Waals surface area (Å²) in [6.45, 7) is 4.15. The van der Waals surface area contributed by atoms with E-state index in [1.165, 1.54) is 12.1 Å². The fraction of sp³-hybridized carbons (Fsp3) is 0.455. The van der Waals surface area contributed by atoms with E-state index in [-0.39, 0.29) is 59.6 Å². The minimum absolute atomic E-state index is 0.0327. The van der Waals surface area contributed by atoms with E-state index in [1.54, 1.807) is 23.1 Å². The molecular weight excluding hydrogens is 787 g/mol. The monoisotopic (exact) mass is 831 g/mol. The predicted octanol–water partition coefficient (Wildman–Crippen LogP) is 7.23. The minimum atomic E-state index is -4.79. The standard InChI is InChI=1S/C44H45F4N5O5S/c1-2-29-22-34(53-42(59)52(41(57)43(53)15-3-16-43)33-7-5-31(25-49)36(24-33)44(46,47)48)8-10-38(29)58-19-14-27-12-17-51(18-13-27)26-35(54)23-32-21-28(4-9-37(32)45)20-30-6-11-39(55)50-40(30)56/h4-5,7-10,21-22,24,27,30H,2-3,6,11-20,23,26H2,1H3,(H,50,55,56). The molecule has 1 spiro atoms. The highest BCUT2D eigenvalue weighted by Crippen LogP contribution is 2.49. The molecule has 3 heterocycles. The molecule has 10 nitrogen and oxygen atoms in total. The Balaban J connectivity index is 0.916. The molecule has 0 bridgehead atoms. The van der Waals surface area contributed by atoms with Gasteiger partial charge in [-0.25, -0.2) is 4.39 Å². The van der Waals surface area contributed by atoms with Crippen LogP contribution in [0.5, 0.6) is 5.75 Å². The number of ether oxygens (including phenoxy) is 1. The van der Waals surface area contributed by atoms with Crippen LogP contribution in [0.1, 0.15) is 86.1 Å². The molecule has 1 atom stereocenters. The van der Waals surface area contributed by atoms with Gasteiger partial charge in [-0.1, -0.05) is 19.1 Å². The Bertz CT molecular complexity index is 2210. The molecule has 4 fully saturated rings. The lowest BCUT2D eigenvalue weighted by molar-refractivity contribution is -0.138. The van der Waals surface area contributed by atoms with Crippen LogP contribution in [-0.4, -0.2) is 65.3 Å². The van der Waals surface area contributed by atoms with E-state index in [4.69, 9.17) is 17.0 Å². The Morgan fingerprint density at radius 3 is 2.41 bits per heavy atom.